The van der Waals surface area contributed by atoms with Crippen molar-refractivity contribution in [3.63, 3.8) is 0 Å². The molecule has 4 rings (SSSR count). The maximum absolute atomic E-state index is 12.8. The third kappa shape index (κ3) is 2.65. The number of hydrogen-bond donors (Lipinski definition) is 0. The van der Waals surface area contributed by atoms with E-state index < -0.39 is 4.92 Å². The van der Waals surface area contributed by atoms with Crippen molar-refractivity contribution in [1.82, 2.24) is 9.78 Å². The maximum atomic E-state index is 12.8. The van der Waals surface area contributed by atoms with Crippen LogP contribution < -0.4 is 4.90 Å². The van der Waals surface area contributed by atoms with Crippen LogP contribution in [0.3, 0.4) is 0 Å². The van der Waals surface area contributed by atoms with Gasteiger partial charge in [0.1, 0.15) is 0 Å². The highest BCUT2D eigenvalue weighted by Crippen LogP contribution is 2.32. The molecular formula is C18H14N4O3. The number of nitro groups is 1. The number of anilines is 1. The van der Waals surface area contributed by atoms with Crippen molar-refractivity contribution in [2.24, 2.45) is 0 Å². The second kappa shape index (κ2) is 5.86. The molecule has 0 N–H and O–H groups in total. The number of hydrogen-bond acceptors (Lipinski definition) is 4. The summed E-state index contributed by atoms with van der Waals surface area (Å²) in [6.45, 7) is 0.506. The van der Waals surface area contributed by atoms with Crippen LogP contribution >= 0.6 is 0 Å². The zero-order valence-corrected chi connectivity index (χ0v) is 13.2. The summed E-state index contributed by atoms with van der Waals surface area (Å²) in [5.41, 5.74) is 2.83. The minimum Gasteiger partial charge on any atom is -0.307 e. The third-order valence-corrected chi connectivity index (χ3v) is 4.27. The average Bonchev–Trinajstić information content (AvgIpc) is 3.28. The number of non-ortho nitro benzene ring substituents is 1. The van der Waals surface area contributed by atoms with E-state index in [-0.39, 0.29) is 11.6 Å². The van der Waals surface area contributed by atoms with Crippen molar-refractivity contribution in [3.05, 3.63) is 82.2 Å². The first-order valence-corrected chi connectivity index (χ1v) is 7.83. The fraction of sp³-hybridized carbons (Fsp3) is 0.111. The molecule has 0 fully saturated rings. The molecule has 0 spiro atoms. The number of nitrogens with zero attached hydrogens (tertiary/aromatic N) is 4. The highest BCUT2D eigenvalue weighted by atomic mass is 16.6. The van der Waals surface area contributed by atoms with E-state index in [1.807, 2.05) is 30.3 Å². The second-order valence-corrected chi connectivity index (χ2v) is 5.79. The fourth-order valence-corrected chi connectivity index (χ4v) is 3.00. The number of carbonyl (C=O) groups excluding carboxylic acids is 1. The Labute approximate surface area is 143 Å². The molecule has 1 aliphatic heterocycles. The first-order chi connectivity index (χ1) is 12.1. The van der Waals surface area contributed by atoms with Crippen molar-refractivity contribution in [2.45, 2.75) is 6.42 Å². The lowest BCUT2D eigenvalue weighted by Gasteiger charge is -2.16. The molecule has 7 heteroatoms. The van der Waals surface area contributed by atoms with Crippen LogP contribution in [0.15, 0.2) is 60.9 Å². The van der Waals surface area contributed by atoms with Gasteiger partial charge in [-0.25, -0.2) is 4.68 Å². The molecule has 2 aromatic carbocycles. The van der Waals surface area contributed by atoms with E-state index in [1.165, 1.54) is 18.3 Å². The van der Waals surface area contributed by atoms with Crippen molar-refractivity contribution in [3.8, 4) is 5.69 Å². The minimum absolute atomic E-state index is 0.0153. The van der Waals surface area contributed by atoms with E-state index in [1.54, 1.807) is 21.8 Å². The molecule has 0 unspecified atom stereocenters. The number of amides is 1. The van der Waals surface area contributed by atoms with E-state index in [0.29, 0.717) is 24.2 Å². The summed E-state index contributed by atoms with van der Waals surface area (Å²) >= 11 is 0. The smallest absolute Gasteiger partial charge is 0.271 e. The Kier molecular flexibility index (Phi) is 3.53. The number of nitro benzene ring substituents is 1. The normalized spacial score (nSPS) is 12.9. The zero-order valence-electron chi connectivity index (χ0n) is 13.2. The van der Waals surface area contributed by atoms with E-state index in [9.17, 15) is 14.9 Å². The van der Waals surface area contributed by atoms with Gasteiger partial charge in [0.15, 0.2) is 0 Å². The highest BCUT2D eigenvalue weighted by molar-refractivity contribution is 6.07. The lowest BCUT2D eigenvalue weighted by atomic mass is 10.1. The Balaban J connectivity index is 1.65. The van der Waals surface area contributed by atoms with Crippen LogP contribution in [0.2, 0.25) is 0 Å². The monoisotopic (exact) mass is 334 g/mol. The molecule has 0 saturated heterocycles. The number of fused-ring (bicyclic) bond motifs is 1. The summed E-state index contributed by atoms with van der Waals surface area (Å²) in [4.78, 5) is 25.0. The molecule has 0 bridgehead atoms. The second-order valence-electron chi connectivity index (χ2n) is 5.79. The number of aromatic nitrogens is 2. The van der Waals surface area contributed by atoms with Crippen LogP contribution in [0.5, 0.6) is 0 Å². The van der Waals surface area contributed by atoms with E-state index >= 15 is 0 Å². The van der Waals surface area contributed by atoms with Gasteiger partial charge in [0.25, 0.3) is 11.6 Å². The Bertz CT molecular complexity index is 965. The Morgan fingerprint density at radius 3 is 2.72 bits per heavy atom. The number of carbonyl (C=O) groups is 1. The summed E-state index contributed by atoms with van der Waals surface area (Å²) in [6, 6.07) is 14.2. The summed E-state index contributed by atoms with van der Waals surface area (Å²) in [7, 11) is 0. The molecule has 1 amide bonds. The van der Waals surface area contributed by atoms with Crippen molar-refractivity contribution in [1.29, 1.82) is 0 Å². The first-order valence-electron chi connectivity index (χ1n) is 7.83. The molecular weight excluding hydrogens is 320 g/mol. The Hall–Kier alpha value is -3.48. The van der Waals surface area contributed by atoms with Gasteiger partial charge < -0.3 is 4.90 Å². The van der Waals surface area contributed by atoms with Gasteiger partial charge in [-0.05, 0) is 24.1 Å². The molecule has 25 heavy (non-hydrogen) atoms. The van der Waals surface area contributed by atoms with E-state index in [0.717, 1.165) is 11.3 Å². The molecule has 1 aromatic heterocycles. The Morgan fingerprint density at radius 1 is 1.16 bits per heavy atom. The van der Waals surface area contributed by atoms with Gasteiger partial charge in [-0.2, -0.15) is 5.10 Å². The summed E-state index contributed by atoms with van der Waals surface area (Å²) < 4.78 is 1.64. The summed E-state index contributed by atoms with van der Waals surface area (Å²) in [6.07, 6.45) is 3.88. The molecule has 2 heterocycles. The molecule has 0 saturated carbocycles. The maximum Gasteiger partial charge on any atom is 0.271 e. The van der Waals surface area contributed by atoms with Crippen molar-refractivity contribution < 1.29 is 9.72 Å². The van der Waals surface area contributed by atoms with Crippen LogP contribution in [-0.2, 0) is 6.42 Å². The average molecular weight is 334 g/mol. The molecule has 0 atom stereocenters. The standard InChI is InChI=1S/C18H14N4O3/c23-18(14-11-19-21(12-14)15-4-2-1-3-5-15)20-9-8-13-6-7-16(22(24)25)10-17(13)20/h1-7,10-12H,8-9H2. The zero-order chi connectivity index (χ0) is 17.4. The number of benzene rings is 2. The molecule has 0 radical (unpaired) electrons. The van der Waals surface area contributed by atoms with Crippen LogP contribution in [0.25, 0.3) is 5.69 Å². The predicted molar refractivity (Wildman–Crippen MR) is 92.0 cm³/mol. The van der Waals surface area contributed by atoms with E-state index in [2.05, 4.69) is 5.10 Å². The van der Waals surface area contributed by atoms with Gasteiger partial charge in [-0.15, -0.1) is 0 Å². The van der Waals surface area contributed by atoms with Gasteiger partial charge >= 0.3 is 0 Å². The highest BCUT2D eigenvalue weighted by Gasteiger charge is 2.28. The van der Waals surface area contributed by atoms with Crippen molar-refractivity contribution >= 4 is 17.3 Å². The lowest BCUT2D eigenvalue weighted by Crippen LogP contribution is -2.28. The molecule has 124 valence electrons. The van der Waals surface area contributed by atoms with Crippen LogP contribution in [0, 0.1) is 10.1 Å². The molecule has 1 aliphatic rings. The molecule has 7 nitrogen and oxygen atoms in total. The van der Waals surface area contributed by atoms with Crippen LogP contribution in [-0.4, -0.2) is 27.2 Å². The third-order valence-electron chi connectivity index (χ3n) is 4.27. The summed E-state index contributed by atoms with van der Waals surface area (Å²) in [5, 5.41) is 15.2. The number of rotatable bonds is 3. The van der Waals surface area contributed by atoms with Gasteiger partial charge in [0.05, 0.1) is 28.1 Å². The van der Waals surface area contributed by atoms with Crippen LogP contribution in [0.4, 0.5) is 11.4 Å². The van der Waals surface area contributed by atoms with Crippen molar-refractivity contribution in [2.75, 3.05) is 11.4 Å². The summed E-state index contributed by atoms with van der Waals surface area (Å²) in [5.74, 6) is -0.207. The molecule has 0 aliphatic carbocycles. The number of para-hydroxylation sites is 1. The quantitative estimate of drug-likeness (QED) is 0.545. The van der Waals surface area contributed by atoms with Crippen LogP contribution in [0.1, 0.15) is 15.9 Å². The largest absolute Gasteiger partial charge is 0.307 e. The Morgan fingerprint density at radius 2 is 1.96 bits per heavy atom. The van der Waals surface area contributed by atoms with Gasteiger partial charge in [-0.1, -0.05) is 24.3 Å². The topological polar surface area (TPSA) is 81.3 Å². The molecule has 3 aromatic rings. The van der Waals surface area contributed by atoms with Gasteiger partial charge in [-0.3, -0.25) is 14.9 Å². The SMILES string of the molecule is O=C(c1cnn(-c2ccccc2)c1)N1CCc2ccc([N+](=O)[O-])cc21. The minimum atomic E-state index is -0.450. The predicted octanol–water partition coefficient (Wildman–Crippen LogP) is 2.98. The fourth-order valence-electron chi connectivity index (χ4n) is 3.00. The lowest BCUT2D eigenvalue weighted by molar-refractivity contribution is -0.384. The van der Waals surface area contributed by atoms with Gasteiger partial charge in [0, 0.05) is 24.9 Å². The van der Waals surface area contributed by atoms with E-state index in [4.69, 9.17) is 0 Å². The first kappa shape index (κ1) is 15.1. The van der Waals surface area contributed by atoms with Gasteiger partial charge in [0.2, 0.25) is 0 Å².